The standard InChI is InChI=1S/C10H17N/c1-5-11-7-9(4)6-10(11)8(2)3/h1,8-10H,6-7H2,2-4H3. The molecule has 1 saturated heterocycles. The van der Waals surface area contributed by atoms with E-state index in [4.69, 9.17) is 6.42 Å². The van der Waals surface area contributed by atoms with Crippen LogP contribution < -0.4 is 0 Å². The Labute approximate surface area is 69.8 Å². The summed E-state index contributed by atoms with van der Waals surface area (Å²) in [5.41, 5.74) is 0. The molecule has 1 rings (SSSR count). The summed E-state index contributed by atoms with van der Waals surface area (Å²) in [4.78, 5) is 2.15. The van der Waals surface area contributed by atoms with Gasteiger partial charge in [0.1, 0.15) is 0 Å². The topological polar surface area (TPSA) is 3.24 Å². The lowest BCUT2D eigenvalue weighted by molar-refractivity contribution is 0.295. The largest absolute Gasteiger partial charge is 0.329 e. The molecule has 1 nitrogen and oxygen atoms in total. The van der Waals surface area contributed by atoms with Crippen molar-refractivity contribution in [1.29, 1.82) is 0 Å². The molecule has 0 amide bonds. The van der Waals surface area contributed by atoms with Crippen molar-refractivity contribution < 1.29 is 0 Å². The molecule has 1 heteroatoms. The molecular weight excluding hydrogens is 134 g/mol. The van der Waals surface area contributed by atoms with Crippen molar-refractivity contribution >= 4 is 0 Å². The summed E-state index contributed by atoms with van der Waals surface area (Å²) >= 11 is 0. The molecule has 0 aromatic carbocycles. The monoisotopic (exact) mass is 151 g/mol. The van der Waals surface area contributed by atoms with E-state index < -0.39 is 0 Å². The molecule has 1 aliphatic heterocycles. The number of nitrogens with zero attached hydrogens (tertiary/aromatic N) is 1. The first-order valence-corrected chi connectivity index (χ1v) is 4.38. The summed E-state index contributed by atoms with van der Waals surface area (Å²) in [5.74, 6) is 1.47. The average Bonchev–Trinajstić information content (AvgIpc) is 2.30. The lowest BCUT2D eigenvalue weighted by Gasteiger charge is -2.23. The van der Waals surface area contributed by atoms with Gasteiger partial charge in [-0.15, -0.1) is 0 Å². The van der Waals surface area contributed by atoms with Crippen LogP contribution in [0.2, 0.25) is 0 Å². The Kier molecular flexibility index (Phi) is 2.44. The van der Waals surface area contributed by atoms with Gasteiger partial charge in [0, 0.05) is 18.6 Å². The fourth-order valence-electron chi connectivity index (χ4n) is 1.87. The average molecular weight is 151 g/mol. The van der Waals surface area contributed by atoms with E-state index in [1.807, 2.05) is 0 Å². The molecule has 0 saturated carbocycles. The van der Waals surface area contributed by atoms with E-state index in [0.717, 1.165) is 12.5 Å². The first kappa shape index (κ1) is 8.46. The zero-order chi connectivity index (χ0) is 8.43. The SMILES string of the molecule is C#CN1CC(C)CC1C(C)C. The number of terminal acetylenes is 1. The van der Waals surface area contributed by atoms with E-state index >= 15 is 0 Å². The van der Waals surface area contributed by atoms with Gasteiger partial charge in [-0.05, 0) is 18.3 Å². The molecule has 0 aromatic rings. The van der Waals surface area contributed by atoms with Crippen molar-refractivity contribution in [2.24, 2.45) is 11.8 Å². The van der Waals surface area contributed by atoms with Gasteiger partial charge in [0.05, 0.1) is 0 Å². The van der Waals surface area contributed by atoms with Gasteiger partial charge in [0.15, 0.2) is 0 Å². The Bertz CT molecular complexity index is 166. The van der Waals surface area contributed by atoms with Crippen LogP contribution in [0.1, 0.15) is 27.2 Å². The minimum absolute atomic E-state index is 0.620. The lowest BCUT2D eigenvalue weighted by Crippen LogP contribution is -2.28. The minimum atomic E-state index is 0.620. The quantitative estimate of drug-likeness (QED) is 0.518. The zero-order valence-electron chi connectivity index (χ0n) is 7.67. The normalized spacial score (nSPS) is 31.0. The molecule has 0 spiro atoms. The first-order chi connectivity index (χ1) is 5.15. The summed E-state index contributed by atoms with van der Waals surface area (Å²) in [6, 6.07) is 3.38. The Morgan fingerprint density at radius 3 is 2.55 bits per heavy atom. The van der Waals surface area contributed by atoms with E-state index in [1.54, 1.807) is 0 Å². The molecule has 2 unspecified atom stereocenters. The molecule has 0 radical (unpaired) electrons. The fraction of sp³-hybridized carbons (Fsp3) is 0.800. The van der Waals surface area contributed by atoms with Gasteiger partial charge < -0.3 is 4.90 Å². The predicted molar refractivity (Wildman–Crippen MR) is 47.9 cm³/mol. The molecule has 0 aliphatic carbocycles. The molecule has 1 fully saturated rings. The number of likely N-dealkylation sites (tertiary alicyclic amines) is 1. The van der Waals surface area contributed by atoms with Crippen molar-refractivity contribution in [1.82, 2.24) is 4.90 Å². The number of hydrogen-bond acceptors (Lipinski definition) is 1. The van der Waals surface area contributed by atoms with Crippen LogP contribution in [0, 0.1) is 24.3 Å². The first-order valence-electron chi connectivity index (χ1n) is 4.38. The third-order valence-corrected chi connectivity index (χ3v) is 2.49. The van der Waals surface area contributed by atoms with E-state index in [1.165, 1.54) is 6.42 Å². The fourth-order valence-corrected chi connectivity index (χ4v) is 1.87. The highest BCUT2D eigenvalue weighted by Crippen LogP contribution is 2.26. The molecule has 0 bridgehead atoms. The Hall–Kier alpha value is -0.640. The summed E-state index contributed by atoms with van der Waals surface area (Å²) in [6.07, 6.45) is 6.67. The summed E-state index contributed by atoms with van der Waals surface area (Å²) in [5, 5.41) is 0. The van der Waals surface area contributed by atoms with Gasteiger partial charge in [0.2, 0.25) is 0 Å². The Morgan fingerprint density at radius 1 is 1.55 bits per heavy atom. The van der Waals surface area contributed by atoms with Crippen LogP contribution in [0.3, 0.4) is 0 Å². The molecular formula is C10H17N. The molecule has 0 N–H and O–H groups in total. The van der Waals surface area contributed by atoms with Gasteiger partial charge in [-0.3, -0.25) is 0 Å². The summed E-state index contributed by atoms with van der Waals surface area (Å²) in [7, 11) is 0. The highest BCUT2D eigenvalue weighted by Gasteiger charge is 2.29. The number of rotatable bonds is 1. The predicted octanol–water partition coefficient (Wildman–Crippen LogP) is 1.94. The van der Waals surface area contributed by atoms with Gasteiger partial charge >= 0.3 is 0 Å². The van der Waals surface area contributed by atoms with Gasteiger partial charge in [-0.2, -0.15) is 0 Å². The second-order valence-electron chi connectivity index (χ2n) is 3.93. The van der Waals surface area contributed by atoms with E-state index in [0.29, 0.717) is 12.0 Å². The second kappa shape index (κ2) is 3.17. The van der Waals surface area contributed by atoms with Gasteiger partial charge in [-0.25, -0.2) is 0 Å². The molecule has 11 heavy (non-hydrogen) atoms. The zero-order valence-corrected chi connectivity index (χ0v) is 7.67. The van der Waals surface area contributed by atoms with E-state index in [9.17, 15) is 0 Å². The maximum atomic E-state index is 5.40. The van der Waals surface area contributed by atoms with E-state index in [-0.39, 0.29) is 0 Å². The molecule has 0 aromatic heterocycles. The smallest absolute Gasteiger partial charge is 0.0397 e. The molecule has 1 heterocycles. The van der Waals surface area contributed by atoms with Crippen LogP contribution in [-0.4, -0.2) is 17.5 Å². The minimum Gasteiger partial charge on any atom is -0.329 e. The second-order valence-corrected chi connectivity index (χ2v) is 3.93. The van der Waals surface area contributed by atoms with Crippen LogP contribution in [0.15, 0.2) is 0 Å². The van der Waals surface area contributed by atoms with Gasteiger partial charge in [0.25, 0.3) is 0 Å². The van der Waals surface area contributed by atoms with Crippen LogP contribution in [0.5, 0.6) is 0 Å². The van der Waals surface area contributed by atoms with Crippen molar-refractivity contribution in [3.8, 4) is 12.5 Å². The summed E-state index contributed by atoms with van der Waals surface area (Å²) < 4.78 is 0. The third kappa shape index (κ3) is 1.68. The molecule has 62 valence electrons. The van der Waals surface area contributed by atoms with Crippen molar-refractivity contribution in [3.05, 3.63) is 0 Å². The maximum absolute atomic E-state index is 5.40. The van der Waals surface area contributed by atoms with Crippen LogP contribution in [-0.2, 0) is 0 Å². The lowest BCUT2D eigenvalue weighted by atomic mass is 9.99. The third-order valence-electron chi connectivity index (χ3n) is 2.49. The Morgan fingerprint density at radius 2 is 2.18 bits per heavy atom. The maximum Gasteiger partial charge on any atom is 0.0397 e. The molecule has 1 aliphatic rings. The van der Waals surface area contributed by atoms with Crippen molar-refractivity contribution in [2.45, 2.75) is 33.2 Å². The molecule has 2 atom stereocenters. The van der Waals surface area contributed by atoms with Crippen LogP contribution >= 0.6 is 0 Å². The highest BCUT2D eigenvalue weighted by molar-refractivity contribution is 4.97. The van der Waals surface area contributed by atoms with Gasteiger partial charge in [-0.1, -0.05) is 27.2 Å². The number of hydrogen-bond donors (Lipinski definition) is 0. The van der Waals surface area contributed by atoms with Crippen LogP contribution in [0.25, 0.3) is 0 Å². The van der Waals surface area contributed by atoms with Crippen LogP contribution in [0.4, 0.5) is 0 Å². The van der Waals surface area contributed by atoms with Crippen molar-refractivity contribution in [3.63, 3.8) is 0 Å². The Balaban J connectivity index is 2.59. The highest BCUT2D eigenvalue weighted by atomic mass is 15.2. The summed E-state index contributed by atoms with van der Waals surface area (Å²) in [6.45, 7) is 7.84. The van der Waals surface area contributed by atoms with E-state index in [2.05, 4.69) is 31.7 Å². The van der Waals surface area contributed by atoms with Crippen molar-refractivity contribution in [2.75, 3.05) is 6.54 Å².